The fraction of sp³-hybridized carbons (Fsp3) is 0.364. The lowest BCUT2D eigenvalue weighted by atomic mass is 9.78. The molecule has 0 aromatic heterocycles. The lowest BCUT2D eigenvalue weighted by Gasteiger charge is -2.26. The fourth-order valence-electron chi connectivity index (χ4n) is 1.88. The molecule has 0 spiro atoms. The molecule has 1 heterocycles. The van der Waals surface area contributed by atoms with Crippen molar-refractivity contribution >= 4 is 11.6 Å². The van der Waals surface area contributed by atoms with Crippen molar-refractivity contribution in [3.05, 3.63) is 29.6 Å². The van der Waals surface area contributed by atoms with Crippen molar-refractivity contribution in [2.75, 3.05) is 5.32 Å². The van der Waals surface area contributed by atoms with Crippen molar-refractivity contribution < 1.29 is 9.18 Å². The number of halogens is 1. The Balaban J connectivity index is 2.63. The molecule has 1 aromatic rings. The Morgan fingerprint density at radius 2 is 2.20 bits per heavy atom. The van der Waals surface area contributed by atoms with Crippen LogP contribution < -0.4 is 11.1 Å². The van der Waals surface area contributed by atoms with E-state index in [1.165, 1.54) is 12.1 Å². The number of carbonyl (C=O) groups is 1. The van der Waals surface area contributed by atoms with E-state index in [-0.39, 0.29) is 17.8 Å². The largest absolute Gasteiger partial charge is 0.327 e. The number of nitrogens with one attached hydrogen (secondary N) is 1. The van der Waals surface area contributed by atoms with Crippen LogP contribution in [0.15, 0.2) is 18.2 Å². The highest BCUT2D eigenvalue weighted by molar-refractivity contribution is 6.06. The van der Waals surface area contributed by atoms with E-state index < -0.39 is 5.41 Å². The third-order valence-corrected chi connectivity index (χ3v) is 3.17. The van der Waals surface area contributed by atoms with Crippen LogP contribution in [-0.2, 0) is 10.2 Å². The highest BCUT2D eigenvalue weighted by Gasteiger charge is 2.45. The monoisotopic (exact) mass is 208 g/mol. The average Bonchev–Trinajstić information content (AvgIpc) is 2.42. The zero-order valence-corrected chi connectivity index (χ0v) is 8.67. The van der Waals surface area contributed by atoms with Gasteiger partial charge in [0.1, 0.15) is 5.82 Å². The van der Waals surface area contributed by atoms with Gasteiger partial charge in [0.25, 0.3) is 0 Å². The first kappa shape index (κ1) is 10.1. The lowest BCUT2D eigenvalue weighted by Crippen LogP contribution is -2.46. The Morgan fingerprint density at radius 1 is 1.53 bits per heavy atom. The summed E-state index contributed by atoms with van der Waals surface area (Å²) >= 11 is 0. The van der Waals surface area contributed by atoms with Gasteiger partial charge < -0.3 is 11.1 Å². The molecule has 2 rings (SSSR count). The Kier molecular flexibility index (Phi) is 2.04. The lowest BCUT2D eigenvalue weighted by molar-refractivity contribution is -0.120. The number of hydrogen-bond donors (Lipinski definition) is 2. The number of carbonyl (C=O) groups excluding carboxylic acids is 1. The number of fused-ring (bicyclic) bond motifs is 1. The van der Waals surface area contributed by atoms with Crippen LogP contribution >= 0.6 is 0 Å². The van der Waals surface area contributed by atoms with E-state index in [1.807, 2.05) is 0 Å². The van der Waals surface area contributed by atoms with E-state index in [0.29, 0.717) is 11.3 Å². The van der Waals surface area contributed by atoms with Crippen LogP contribution in [0, 0.1) is 5.82 Å². The molecule has 0 radical (unpaired) electrons. The van der Waals surface area contributed by atoms with Gasteiger partial charge in [-0.2, -0.15) is 0 Å². The summed E-state index contributed by atoms with van der Waals surface area (Å²) in [7, 11) is 0. The summed E-state index contributed by atoms with van der Waals surface area (Å²) in [5, 5.41) is 2.71. The first-order chi connectivity index (χ1) is 6.96. The SMILES string of the molecule is CC(N)C1(C)C(=O)Nc2ccc(F)cc21. The van der Waals surface area contributed by atoms with Crippen molar-refractivity contribution in [3.8, 4) is 0 Å². The average molecular weight is 208 g/mol. The van der Waals surface area contributed by atoms with E-state index in [1.54, 1.807) is 19.9 Å². The number of nitrogens with two attached hydrogens (primary N) is 1. The van der Waals surface area contributed by atoms with Crippen LogP contribution in [0.3, 0.4) is 0 Å². The van der Waals surface area contributed by atoms with Crippen LogP contribution in [0.5, 0.6) is 0 Å². The van der Waals surface area contributed by atoms with Gasteiger partial charge in [0.15, 0.2) is 0 Å². The molecule has 1 aliphatic rings. The molecule has 15 heavy (non-hydrogen) atoms. The van der Waals surface area contributed by atoms with Crippen molar-refractivity contribution in [2.45, 2.75) is 25.3 Å². The summed E-state index contributed by atoms with van der Waals surface area (Å²) in [6.07, 6.45) is 0. The van der Waals surface area contributed by atoms with Gasteiger partial charge in [-0.15, -0.1) is 0 Å². The topological polar surface area (TPSA) is 55.1 Å². The van der Waals surface area contributed by atoms with Gasteiger partial charge in [0.2, 0.25) is 5.91 Å². The Hall–Kier alpha value is -1.42. The number of anilines is 1. The number of hydrogen-bond acceptors (Lipinski definition) is 2. The first-order valence-electron chi connectivity index (χ1n) is 4.83. The number of amides is 1. The molecule has 3 N–H and O–H groups in total. The third kappa shape index (κ3) is 1.25. The highest BCUT2D eigenvalue weighted by atomic mass is 19.1. The minimum Gasteiger partial charge on any atom is -0.327 e. The summed E-state index contributed by atoms with van der Waals surface area (Å²) in [5.74, 6) is -0.518. The number of rotatable bonds is 1. The van der Waals surface area contributed by atoms with Crippen molar-refractivity contribution in [3.63, 3.8) is 0 Å². The fourth-order valence-corrected chi connectivity index (χ4v) is 1.88. The minimum atomic E-state index is -0.836. The molecule has 80 valence electrons. The van der Waals surface area contributed by atoms with Gasteiger partial charge in [-0.3, -0.25) is 4.79 Å². The normalized spacial score (nSPS) is 26.0. The maximum Gasteiger partial charge on any atom is 0.236 e. The molecule has 0 bridgehead atoms. The van der Waals surface area contributed by atoms with E-state index >= 15 is 0 Å². The Labute approximate surface area is 87.5 Å². The van der Waals surface area contributed by atoms with Gasteiger partial charge in [0, 0.05) is 11.7 Å². The van der Waals surface area contributed by atoms with Gasteiger partial charge in [-0.05, 0) is 37.6 Å². The molecule has 0 fully saturated rings. The van der Waals surface area contributed by atoms with Gasteiger partial charge >= 0.3 is 0 Å². The Bertz CT molecular complexity index is 431. The van der Waals surface area contributed by atoms with Crippen LogP contribution in [0.25, 0.3) is 0 Å². The van der Waals surface area contributed by atoms with E-state index in [2.05, 4.69) is 5.32 Å². The van der Waals surface area contributed by atoms with Crippen LogP contribution in [0.2, 0.25) is 0 Å². The quantitative estimate of drug-likeness (QED) is 0.732. The third-order valence-electron chi connectivity index (χ3n) is 3.17. The molecule has 0 saturated heterocycles. The summed E-state index contributed by atoms with van der Waals surface area (Å²) in [4.78, 5) is 11.8. The maximum atomic E-state index is 13.1. The molecule has 2 atom stereocenters. The minimum absolute atomic E-state index is 0.168. The molecule has 1 amide bonds. The molecular weight excluding hydrogens is 195 g/mol. The molecule has 2 unspecified atom stereocenters. The van der Waals surface area contributed by atoms with Crippen LogP contribution in [-0.4, -0.2) is 11.9 Å². The predicted octanol–water partition coefficient (Wildman–Crippen LogP) is 1.38. The Morgan fingerprint density at radius 3 is 2.80 bits per heavy atom. The number of benzene rings is 1. The molecule has 1 aliphatic heterocycles. The second-order valence-electron chi connectivity index (χ2n) is 4.14. The van der Waals surface area contributed by atoms with Gasteiger partial charge in [-0.1, -0.05) is 0 Å². The molecular formula is C11H13FN2O. The van der Waals surface area contributed by atoms with Gasteiger partial charge in [-0.25, -0.2) is 4.39 Å². The summed E-state index contributed by atoms with van der Waals surface area (Å²) in [6.45, 7) is 3.48. The smallest absolute Gasteiger partial charge is 0.236 e. The zero-order chi connectivity index (χ0) is 11.2. The van der Waals surface area contributed by atoms with E-state index in [9.17, 15) is 9.18 Å². The van der Waals surface area contributed by atoms with Crippen molar-refractivity contribution in [2.24, 2.45) is 5.73 Å². The summed E-state index contributed by atoms with van der Waals surface area (Å²) in [5.41, 5.74) is 6.26. The first-order valence-corrected chi connectivity index (χ1v) is 4.83. The van der Waals surface area contributed by atoms with Crippen molar-refractivity contribution in [1.82, 2.24) is 0 Å². The standard InChI is InChI=1S/C11H13FN2O/c1-6(13)11(2)8-5-7(12)3-4-9(8)14-10(11)15/h3-6H,13H2,1-2H3,(H,14,15). The molecule has 3 nitrogen and oxygen atoms in total. The van der Waals surface area contributed by atoms with E-state index in [0.717, 1.165) is 0 Å². The maximum absolute atomic E-state index is 13.1. The summed E-state index contributed by atoms with van der Waals surface area (Å²) < 4.78 is 13.1. The van der Waals surface area contributed by atoms with E-state index in [4.69, 9.17) is 5.73 Å². The highest BCUT2D eigenvalue weighted by Crippen LogP contribution is 2.39. The molecule has 0 saturated carbocycles. The van der Waals surface area contributed by atoms with Crippen LogP contribution in [0.1, 0.15) is 19.4 Å². The summed E-state index contributed by atoms with van der Waals surface area (Å²) in [6, 6.07) is 3.90. The second kappa shape index (κ2) is 3.03. The second-order valence-corrected chi connectivity index (χ2v) is 4.14. The molecule has 0 aliphatic carbocycles. The molecule has 4 heteroatoms. The van der Waals surface area contributed by atoms with Crippen molar-refractivity contribution in [1.29, 1.82) is 0 Å². The van der Waals surface area contributed by atoms with Gasteiger partial charge in [0.05, 0.1) is 5.41 Å². The predicted molar refractivity (Wildman–Crippen MR) is 56.0 cm³/mol. The molecule has 1 aromatic carbocycles. The zero-order valence-electron chi connectivity index (χ0n) is 8.67. The van der Waals surface area contributed by atoms with Crippen LogP contribution in [0.4, 0.5) is 10.1 Å².